The van der Waals surface area contributed by atoms with Gasteiger partial charge in [-0.1, -0.05) is 218 Å². The van der Waals surface area contributed by atoms with E-state index in [0.717, 1.165) is 17.1 Å². The lowest BCUT2D eigenvalue weighted by atomic mass is 9.68. The lowest BCUT2D eigenvalue weighted by Crippen LogP contribution is -2.28. The first-order valence-corrected chi connectivity index (χ1v) is 22.2. The Labute approximate surface area is 374 Å². The van der Waals surface area contributed by atoms with E-state index in [1.807, 2.05) is 0 Å². The number of benzene rings is 11. The highest BCUT2D eigenvalue weighted by atomic mass is 15.1. The Hall–Kier alpha value is -8.26. The molecule has 11 aromatic carbocycles. The number of hydrogen-bond donors (Lipinski definition) is 0. The molecule has 0 spiro atoms. The van der Waals surface area contributed by atoms with Gasteiger partial charge in [0, 0.05) is 16.9 Å². The summed E-state index contributed by atoms with van der Waals surface area (Å²) in [6, 6.07) is 95.9. The number of hydrogen-bond acceptors (Lipinski definition) is 1. The Kier molecular flexibility index (Phi) is 9.13. The lowest BCUT2D eigenvalue weighted by molar-refractivity contribution is 0.768. The highest BCUT2D eigenvalue weighted by Crippen LogP contribution is 2.59. The van der Waals surface area contributed by atoms with Gasteiger partial charge in [-0.15, -0.1) is 0 Å². The lowest BCUT2D eigenvalue weighted by Gasteiger charge is -2.34. The topological polar surface area (TPSA) is 3.24 Å². The third-order valence-corrected chi connectivity index (χ3v) is 13.3. The van der Waals surface area contributed by atoms with E-state index >= 15 is 0 Å². The van der Waals surface area contributed by atoms with Crippen molar-refractivity contribution < 1.29 is 0 Å². The fourth-order valence-corrected chi connectivity index (χ4v) is 10.4. The maximum atomic E-state index is 2.48. The molecule has 0 aromatic heterocycles. The summed E-state index contributed by atoms with van der Waals surface area (Å²) in [7, 11) is 0. The van der Waals surface area contributed by atoms with Gasteiger partial charge >= 0.3 is 0 Å². The Bertz CT molecular complexity index is 3450. The number of anilines is 3. The third-order valence-electron chi connectivity index (χ3n) is 13.3. The molecule has 11 aromatic rings. The fourth-order valence-electron chi connectivity index (χ4n) is 10.4. The molecule has 0 saturated heterocycles. The predicted molar refractivity (Wildman–Crippen MR) is 270 cm³/mol. The van der Waals surface area contributed by atoms with Gasteiger partial charge in [0.15, 0.2) is 0 Å². The SMILES string of the molecule is c1ccc(C2(c3ccccc3)c3ccccc3-c3c(N(c4ccc(-c5ccccc5-c5ccc6ccccc6c5)cc4)c4cccc(-c5ccc6ccccc6c5)c4)cccc32)cc1. The first-order chi connectivity index (χ1) is 31.7. The molecular weight excluding hydrogens is 771 g/mol. The minimum Gasteiger partial charge on any atom is -0.310 e. The zero-order chi connectivity index (χ0) is 42.5. The molecule has 1 aliphatic rings. The van der Waals surface area contributed by atoms with Gasteiger partial charge < -0.3 is 4.90 Å². The van der Waals surface area contributed by atoms with E-state index in [2.05, 4.69) is 266 Å². The first-order valence-electron chi connectivity index (χ1n) is 22.2. The Morgan fingerprint density at radius 1 is 0.266 bits per heavy atom. The molecule has 1 nitrogen and oxygen atoms in total. The molecule has 0 radical (unpaired) electrons. The average Bonchev–Trinajstić information content (AvgIpc) is 3.69. The summed E-state index contributed by atoms with van der Waals surface area (Å²) in [5.41, 5.74) is 17.6. The van der Waals surface area contributed by atoms with Crippen LogP contribution in [0.5, 0.6) is 0 Å². The highest BCUT2D eigenvalue weighted by Gasteiger charge is 2.47. The fraction of sp³-hybridized carbons (Fsp3) is 0.0159. The summed E-state index contributed by atoms with van der Waals surface area (Å²) in [6.07, 6.45) is 0. The molecule has 0 heterocycles. The summed E-state index contributed by atoms with van der Waals surface area (Å²) < 4.78 is 0. The van der Waals surface area contributed by atoms with Gasteiger partial charge in [0.25, 0.3) is 0 Å². The van der Waals surface area contributed by atoms with Crippen LogP contribution in [0, 0.1) is 0 Å². The average molecular weight is 814 g/mol. The predicted octanol–water partition coefficient (Wildman–Crippen LogP) is 16.8. The molecular formula is C63H43N. The van der Waals surface area contributed by atoms with Gasteiger partial charge in [0.2, 0.25) is 0 Å². The highest BCUT2D eigenvalue weighted by molar-refractivity contribution is 5.99. The van der Waals surface area contributed by atoms with Crippen molar-refractivity contribution in [3.8, 4) is 44.5 Å². The van der Waals surface area contributed by atoms with Crippen LogP contribution in [-0.4, -0.2) is 0 Å². The van der Waals surface area contributed by atoms with Crippen LogP contribution in [0.1, 0.15) is 22.3 Å². The standard InChI is InChI=1S/C63H43N/c1-3-22-52(23-4-1)63(53-24-5-2-6-25-53)59-30-14-13-29-58(59)62-60(63)31-16-32-61(62)64(55-26-15-21-49(43-55)50-35-33-44-17-7-9-19-47(44)41-50)54-39-37-46(38-40-54)56-27-11-12-28-57(56)51-36-34-45-18-8-10-20-48(45)42-51/h1-43H. The van der Waals surface area contributed by atoms with E-state index in [-0.39, 0.29) is 0 Å². The van der Waals surface area contributed by atoms with Gasteiger partial charge in [-0.05, 0) is 125 Å². The monoisotopic (exact) mass is 813 g/mol. The van der Waals surface area contributed by atoms with Gasteiger partial charge in [-0.3, -0.25) is 0 Å². The Morgan fingerprint density at radius 3 is 1.42 bits per heavy atom. The van der Waals surface area contributed by atoms with Crippen molar-refractivity contribution in [3.05, 3.63) is 283 Å². The van der Waals surface area contributed by atoms with E-state index < -0.39 is 5.41 Å². The number of fused-ring (bicyclic) bond motifs is 5. The quantitative estimate of drug-likeness (QED) is 0.148. The van der Waals surface area contributed by atoms with E-state index in [0.29, 0.717) is 0 Å². The summed E-state index contributed by atoms with van der Waals surface area (Å²) in [5, 5.41) is 4.97. The van der Waals surface area contributed by atoms with Crippen molar-refractivity contribution in [3.63, 3.8) is 0 Å². The third kappa shape index (κ3) is 6.16. The van der Waals surface area contributed by atoms with Crippen molar-refractivity contribution in [1.82, 2.24) is 0 Å². The zero-order valence-electron chi connectivity index (χ0n) is 35.3. The Morgan fingerprint density at radius 2 is 0.750 bits per heavy atom. The van der Waals surface area contributed by atoms with Gasteiger partial charge in [-0.25, -0.2) is 0 Å². The molecule has 0 amide bonds. The normalized spacial score (nSPS) is 12.5. The molecule has 1 aliphatic carbocycles. The van der Waals surface area contributed by atoms with Crippen molar-refractivity contribution in [1.29, 1.82) is 0 Å². The van der Waals surface area contributed by atoms with Crippen LogP contribution in [-0.2, 0) is 5.41 Å². The zero-order valence-corrected chi connectivity index (χ0v) is 35.3. The molecule has 0 N–H and O–H groups in total. The van der Waals surface area contributed by atoms with Crippen LogP contribution in [0.15, 0.2) is 261 Å². The Balaban J connectivity index is 1.06. The molecule has 300 valence electrons. The first kappa shape index (κ1) is 37.5. The molecule has 0 fully saturated rings. The summed E-state index contributed by atoms with van der Waals surface area (Å²) in [6.45, 7) is 0. The number of nitrogens with zero attached hydrogens (tertiary/aromatic N) is 1. The molecule has 1 heteroatoms. The maximum Gasteiger partial charge on any atom is 0.0714 e. The van der Waals surface area contributed by atoms with Crippen LogP contribution >= 0.6 is 0 Å². The molecule has 0 atom stereocenters. The molecule has 64 heavy (non-hydrogen) atoms. The van der Waals surface area contributed by atoms with E-state index in [1.54, 1.807) is 0 Å². The van der Waals surface area contributed by atoms with Crippen LogP contribution in [0.2, 0.25) is 0 Å². The minimum atomic E-state index is -0.514. The van der Waals surface area contributed by atoms with Gasteiger partial charge in [0.1, 0.15) is 0 Å². The second-order valence-electron chi connectivity index (χ2n) is 16.8. The molecule has 0 aliphatic heterocycles. The van der Waals surface area contributed by atoms with Crippen LogP contribution < -0.4 is 4.90 Å². The van der Waals surface area contributed by atoms with E-state index in [4.69, 9.17) is 0 Å². The van der Waals surface area contributed by atoms with E-state index in [1.165, 1.54) is 88.3 Å². The smallest absolute Gasteiger partial charge is 0.0714 e. The minimum absolute atomic E-state index is 0.514. The van der Waals surface area contributed by atoms with E-state index in [9.17, 15) is 0 Å². The second-order valence-corrected chi connectivity index (χ2v) is 16.8. The molecule has 0 unspecified atom stereocenters. The van der Waals surface area contributed by atoms with Crippen molar-refractivity contribution in [2.24, 2.45) is 0 Å². The summed E-state index contributed by atoms with van der Waals surface area (Å²) in [5.74, 6) is 0. The van der Waals surface area contributed by atoms with Crippen LogP contribution in [0.3, 0.4) is 0 Å². The van der Waals surface area contributed by atoms with Crippen molar-refractivity contribution >= 4 is 38.6 Å². The summed E-state index contributed by atoms with van der Waals surface area (Å²) >= 11 is 0. The largest absolute Gasteiger partial charge is 0.310 e. The second kappa shape index (κ2) is 15.6. The van der Waals surface area contributed by atoms with Crippen LogP contribution in [0.25, 0.3) is 66.1 Å². The van der Waals surface area contributed by atoms with Gasteiger partial charge in [-0.2, -0.15) is 0 Å². The molecule has 0 bridgehead atoms. The van der Waals surface area contributed by atoms with Gasteiger partial charge in [0.05, 0.1) is 11.1 Å². The molecule has 12 rings (SSSR count). The van der Waals surface area contributed by atoms with Crippen molar-refractivity contribution in [2.45, 2.75) is 5.41 Å². The van der Waals surface area contributed by atoms with Crippen LogP contribution in [0.4, 0.5) is 17.1 Å². The molecule has 0 saturated carbocycles. The maximum absolute atomic E-state index is 2.48. The summed E-state index contributed by atoms with van der Waals surface area (Å²) in [4.78, 5) is 2.48. The van der Waals surface area contributed by atoms with Crippen molar-refractivity contribution in [2.75, 3.05) is 4.90 Å². The number of rotatable bonds is 8.